The Morgan fingerprint density at radius 3 is 3.30 bits per heavy atom. The molecule has 1 N–H and O–H groups in total. The molecule has 10 heavy (non-hydrogen) atoms. The van der Waals surface area contributed by atoms with Gasteiger partial charge >= 0.3 is 6.73 Å². The lowest BCUT2D eigenvalue weighted by atomic mass is 10.3. The number of rotatable bonds is 0. The lowest BCUT2D eigenvalue weighted by Crippen LogP contribution is -1.86. The third-order valence-corrected chi connectivity index (χ3v) is 1.53. The van der Waals surface area contributed by atoms with Gasteiger partial charge in [0.1, 0.15) is 5.75 Å². The molecule has 3 heteroatoms. The topological polar surface area (TPSA) is 21.3 Å². The molecule has 50 valence electrons. The molecule has 2 rings (SSSR count). The van der Waals surface area contributed by atoms with Gasteiger partial charge < -0.3 is 10.1 Å². The van der Waals surface area contributed by atoms with Gasteiger partial charge in [-0.2, -0.15) is 0 Å². The minimum Gasteiger partial charge on any atom is -0.453 e. The minimum atomic E-state index is 0.671. The second kappa shape index (κ2) is 2.06. The van der Waals surface area contributed by atoms with Crippen molar-refractivity contribution in [3.8, 4) is 5.75 Å². The molecule has 0 bridgehead atoms. The molecular formula is C7H4ClNO. The van der Waals surface area contributed by atoms with Crippen molar-refractivity contribution in [3.63, 3.8) is 0 Å². The highest BCUT2D eigenvalue weighted by atomic mass is 35.5. The van der Waals surface area contributed by atoms with Crippen LogP contribution in [0.25, 0.3) is 0 Å². The second-order valence-corrected chi connectivity index (χ2v) is 2.41. The first-order valence-electron chi connectivity index (χ1n) is 2.84. The summed E-state index contributed by atoms with van der Waals surface area (Å²) in [5, 5.41) is 3.47. The van der Waals surface area contributed by atoms with Gasteiger partial charge in [0.2, 0.25) is 0 Å². The van der Waals surface area contributed by atoms with Crippen LogP contribution in [-0.4, -0.2) is 0 Å². The fraction of sp³-hybridized carbons (Fsp3) is 0. The lowest BCUT2D eigenvalue weighted by Gasteiger charge is -1.94. The van der Waals surface area contributed by atoms with Gasteiger partial charge in [0.25, 0.3) is 0 Å². The first-order chi connectivity index (χ1) is 4.86. The van der Waals surface area contributed by atoms with E-state index in [2.05, 4.69) is 12.0 Å². The smallest absolute Gasteiger partial charge is 0.312 e. The summed E-state index contributed by atoms with van der Waals surface area (Å²) in [6.45, 7) is 2.51. The highest BCUT2D eigenvalue weighted by Crippen LogP contribution is 2.32. The maximum absolute atomic E-state index is 5.69. The average Bonchev–Trinajstić information content (AvgIpc) is 2.33. The third-order valence-electron chi connectivity index (χ3n) is 1.29. The van der Waals surface area contributed by atoms with Gasteiger partial charge in [0.05, 0.1) is 5.69 Å². The Bertz CT molecular complexity index is 262. The summed E-state index contributed by atoms with van der Waals surface area (Å²) in [7, 11) is 0. The molecule has 1 aromatic carbocycles. The zero-order valence-corrected chi connectivity index (χ0v) is 5.77. The highest BCUT2D eigenvalue weighted by Gasteiger charge is 2.11. The van der Waals surface area contributed by atoms with Crippen molar-refractivity contribution < 1.29 is 4.74 Å². The zero-order valence-electron chi connectivity index (χ0n) is 5.02. The molecule has 0 aromatic heterocycles. The Morgan fingerprint density at radius 1 is 1.50 bits per heavy atom. The first kappa shape index (κ1) is 5.86. The summed E-state index contributed by atoms with van der Waals surface area (Å²) < 4.78 is 4.93. The van der Waals surface area contributed by atoms with Crippen LogP contribution in [0.2, 0.25) is 5.02 Å². The maximum atomic E-state index is 5.69. The van der Waals surface area contributed by atoms with Crippen molar-refractivity contribution in [2.75, 3.05) is 5.32 Å². The normalized spacial score (nSPS) is 13.7. The van der Waals surface area contributed by atoms with E-state index in [1.54, 1.807) is 12.1 Å². The molecule has 0 unspecified atom stereocenters. The molecule has 0 amide bonds. The number of fused-ring (bicyclic) bond motifs is 1. The van der Waals surface area contributed by atoms with Crippen molar-refractivity contribution in [2.24, 2.45) is 0 Å². The summed E-state index contributed by atoms with van der Waals surface area (Å²) in [5.41, 5.74) is 0.907. The molecule has 0 spiro atoms. The molecule has 0 aliphatic carbocycles. The van der Waals surface area contributed by atoms with Gasteiger partial charge in [0.15, 0.2) is 0 Å². The van der Waals surface area contributed by atoms with Gasteiger partial charge in [-0.15, -0.1) is 0 Å². The van der Waals surface area contributed by atoms with Gasteiger partial charge in [-0.3, -0.25) is 0 Å². The molecular weight excluding hydrogens is 150 g/mol. The Kier molecular flexibility index (Phi) is 1.21. The number of halogens is 1. The first-order valence-corrected chi connectivity index (χ1v) is 3.21. The Balaban J connectivity index is 2.52. The second-order valence-electron chi connectivity index (χ2n) is 1.97. The van der Waals surface area contributed by atoms with E-state index in [1.165, 1.54) is 0 Å². The molecule has 0 atom stereocenters. The van der Waals surface area contributed by atoms with Crippen LogP contribution in [0.1, 0.15) is 0 Å². The SMILES string of the molecule is Clc1ccc2c(c1)O[C]N2. The van der Waals surface area contributed by atoms with Crippen molar-refractivity contribution in [1.29, 1.82) is 0 Å². The summed E-state index contributed by atoms with van der Waals surface area (Å²) in [6, 6.07) is 5.38. The van der Waals surface area contributed by atoms with Crippen molar-refractivity contribution >= 4 is 17.3 Å². The number of hydrogen-bond acceptors (Lipinski definition) is 2. The zero-order chi connectivity index (χ0) is 6.97. The minimum absolute atomic E-state index is 0.671. The quantitative estimate of drug-likeness (QED) is 0.617. The Morgan fingerprint density at radius 2 is 2.40 bits per heavy atom. The van der Waals surface area contributed by atoms with E-state index in [1.807, 2.05) is 6.07 Å². The van der Waals surface area contributed by atoms with Gasteiger partial charge in [-0.05, 0) is 12.1 Å². The molecule has 2 radical (unpaired) electrons. The number of nitrogens with one attached hydrogen (secondary N) is 1. The van der Waals surface area contributed by atoms with Crippen LogP contribution in [0, 0.1) is 6.73 Å². The molecule has 0 saturated carbocycles. The fourth-order valence-corrected chi connectivity index (χ4v) is 0.981. The van der Waals surface area contributed by atoms with Crippen molar-refractivity contribution in [2.45, 2.75) is 0 Å². The predicted molar refractivity (Wildman–Crippen MR) is 38.9 cm³/mol. The fourth-order valence-electron chi connectivity index (χ4n) is 0.819. The van der Waals surface area contributed by atoms with Crippen LogP contribution >= 0.6 is 11.6 Å². The maximum Gasteiger partial charge on any atom is 0.312 e. The van der Waals surface area contributed by atoms with E-state index in [9.17, 15) is 0 Å². The summed E-state index contributed by atoms with van der Waals surface area (Å²) in [5.74, 6) is 0.729. The Hall–Kier alpha value is -0.890. The standard InChI is InChI=1S/C7H4ClNO/c8-5-1-2-6-7(3-5)10-4-9-6/h1-3,9H. The van der Waals surface area contributed by atoms with Crippen LogP contribution in [0.5, 0.6) is 5.75 Å². The van der Waals surface area contributed by atoms with E-state index in [0.29, 0.717) is 5.02 Å². The van der Waals surface area contributed by atoms with Crippen LogP contribution in [0.3, 0.4) is 0 Å². The predicted octanol–water partition coefficient (Wildman–Crippen LogP) is 2.14. The molecule has 1 aliphatic rings. The van der Waals surface area contributed by atoms with Crippen molar-refractivity contribution in [3.05, 3.63) is 30.0 Å². The van der Waals surface area contributed by atoms with Crippen LogP contribution in [-0.2, 0) is 0 Å². The molecule has 0 saturated heterocycles. The largest absolute Gasteiger partial charge is 0.453 e. The molecule has 1 aromatic rings. The number of benzene rings is 1. The van der Waals surface area contributed by atoms with Crippen LogP contribution in [0.4, 0.5) is 5.69 Å². The molecule has 1 aliphatic heterocycles. The van der Waals surface area contributed by atoms with Crippen LogP contribution in [0.15, 0.2) is 18.2 Å². The van der Waals surface area contributed by atoms with Gasteiger partial charge in [-0.1, -0.05) is 11.6 Å². The van der Waals surface area contributed by atoms with Crippen LogP contribution < -0.4 is 10.1 Å². The van der Waals surface area contributed by atoms with Crippen molar-refractivity contribution in [1.82, 2.24) is 0 Å². The van der Waals surface area contributed by atoms with E-state index in [4.69, 9.17) is 16.3 Å². The Labute approximate surface area is 63.8 Å². The molecule has 1 heterocycles. The van der Waals surface area contributed by atoms with Gasteiger partial charge in [0, 0.05) is 11.1 Å². The number of hydrogen-bond donors (Lipinski definition) is 1. The third kappa shape index (κ3) is 0.809. The molecule has 2 nitrogen and oxygen atoms in total. The van der Waals surface area contributed by atoms with E-state index >= 15 is 0 Å². The monoisotopic (exact) mass is 153 g/mol. The number of anilines is 1. The summed E-state index contributed by atoms with van der Waals surface area (Å²) in [4.78, 5) is 0. The number of ether oxygens (including phenoxy) is 1. The highest BCUT2D eigenvalue weighted by molar-refractivity contribution is 6.30. The molecule has 0 fully saturated rings. The van der Waals surface area contributed by atoms with Gasteiger partial charge in [-0.25, -0.2) is 0 Å². The lowest BCUT2D eigenvalue weighted by molar-refractivity contribution is 0.446. The van der Waals surface area contributed by atoms with E-state index < -0.39 is 0 Å². The van der Waals surface area contributed by atoms with E-state index in [-0.39, 0.29) is 0 Å². The average molecular weight is 154 g/mol. The summed E-state index contributed by atoms with van der Waals surface area (Å²) >= 11 is 5.69. The van der Waals surface area contributed by atoms with E-state index in [0.717, 1.165) is 11.4 Å². The summed E-state index contributed by atoms with van der Waals surface area (Å²) in [6.07, 6.45) is 0.